The van der Waals surface area contributed by atoms with Crippen LogP contribution in [-0.4, -0.2) is 34.2 Å². The van der Waals surface area contributed by atoms with Gasteiger partial charge in [-0.05, 0) is 36.5 Å². The predicted molar refractivity (Wildman–Crippen MR) is 128 cm³/mol. The van der Waals surface area contributed by atoms with Crippen LogP contribution in [-0.2, 0) is 4.43 Å². The van der Waals surface area contributed by atoms with Crippen LogP contribution in [0.1, 0.15) is 97.3 Å². The molecule has 0 fully saturated rings. The minimum atomic E-state index is -1.85. The molecule has 0 aromatic rings. The maximum atomic E-state index is 10.6. The van der Waals surface area contributed by atoms with Crippen LogP contribution in [0.15, 0.2) is 0 Å². The van der Waals surface area contributed by atoms with Crippen molar-refractivity contribution in [1.29, 1.82) is 0 Å². The van der Waals surface area contributed by atoms with Gasteiger partial charge in [0.2, 0.25) is 0 Å². The van der Waals surface area contributed by atoms with E-state index in [4.69, 9.17) is 9.91 Å². The van der Waals surface area contributed by atoms with Crippen molar-refractivity contribution in [2.45, 2.75) is 141 Å². The van der Waals surface area contributed by atoms with Gasteiger partial charge in [-0.2, -0.15) is 0 Å². The second kappa shape index (κ2) is 12.8. The highest BCUT2D eigenvalue weighted by Gasteiger charge is 2.36. The molecule has 1 N–H and O–H groups in total. The van der Waals surface area contributed by atoms with Gasteiger partial charge >= 0.3 is 0 Å². The van der Waals surface area contributed by atoms with E-state index in [1.165, 1.54) is 0 Å². The highest BCUT2D eigenvalue weighted by Crippen LogP contribution is 2.36. The molecule has 0 aromatic carbocycles. The summed E-state index contributed by atoms with van der Waals surface area (Å²) in [6.07, 6.45) is 0.851. The lowest BCUT2D eigenvalue weighted by molar-refractivity contribution is 0.147. The summed E-state index contributed by atoms with van der Waals surface area (Å²) < 4.78 is 39.4. The second-order valence-electron chi connectivity index (χ2n) is 10.6. The summed E-state index contributed by atoms with van der Waals surface area (Å²) in [6, 6.07) is 0. The molecule has 0 spiro atoms. The number of hydrogen-bond acceptors (Lipinski definition) is 2. The standard InChI is InChI=1S/C23H52O2Si2/c1-10-22(26(5,6)7)21(24)19-17-15-13-11-12-14-16-18-20-25-27(8,9)23(2,3)4/h21-22,24H,10-20H2,1-9H3/t21-,22-/m0/s1/i11D2,12D2. The Morgan fingerprint density at radius 1 is 0.889 bits per heavy atom. The van der Waals surface area contributed by atoms with Gasteiger partial charge in [0.05, 0.1) is 14.2 Å². The van der Waals surface area contributed by atoms with E-state index in [1.807, 2.05) is 0 Å². The maximum absolute atomic E-state index is 10.6. The Labute approximate surface area is 179 Å². The SMILES string of the molecule is [2H]C([2H])(CCCCO[Si](C)(C)C(C)(C)C)C([2H])([2H])CCCC[C@H](O)[C@H](CC)[Si](C)(C)C. The zero-order valence-electron chi connectivity index (χ0n) is 23.9. The number of aliphatic hydroxyl groups is 1. The van der Waals surface area contributed by atoms with Gasteiger partial charge in [0.25, 0.3) is 0 Å². The smallest absolute Gasteiger partial charge is 0.191 e. The highest BCUT2D eigenvalue weighted by molar-refractivity contribution is 6.77. The van der Waals surface area contributed by atoms with E-state index in [0.717, 1.165) is 19.3 Å². The third kappa shape index (κ3) is 11.8. The molecule has 0 rings (SSSR count). The molecule has 0 aromatic heterocycles. The molecule has 0 saturated carbocycles. The zero-order chi connectivity index (χ0) is 24.7. The minimum absolute atomic E-state index is 0.166. The number of hydrogen-bond donors (Lipinski definition) is 1. The van der Waals surface area contributed by atoms with E-state index in [-0.39, 0.29) is 24.0 Å². The summed E-state index contributed by atoms with van der Waals surface area (Å²) >= 11 is 0. The molecule has 0 unspecified atom stereocenters. The molecule has 2 nitrogen and oxygen atoms in total. The molecule has 0 bridgehead atoms. The van der Waals surface area contributed by atoms with E-state index in [0.29, 0.717) is 31.4 Å². The number of unbranched alkanes of at least 4 members (excludes halogenated alkanes) is 2. The summed E-state index contributed by atoms with van der Waals surface area (Å²) in [5, 5.41) is 10.7. The zero-order valence-corrected chi connectivity index (χ0v) is 21.9. The molecule has 2 atom stereocenters. The van der Waals surface area contributed by atoms with Crippen molar-refractivity contribution in [2.24, 2.45) is 0 Å². The number of rotatable bonds is 15. The first-order chi connectivity index (χ1) is 13.8. The van der Waals surface area contributed by atoms with E-state index < -0.39 is 29.1 Å². The fourth-order valence-electron chi connectivity index (χ4n) is 3.27. The molecule has 0 radical (unpaired) electrons. The molecule has 0 saturated heterocycles. The van der Waals surface area contributed by atoms with Crippen molar-refractivity contribution in [3.63, 3.8) is 0 Å². The van der Waals surface area contributed by atoms with E-state index in [2.05, 4.69) is 60.4 Å². The molecule has 27 heavy (non-hydrogen) atoms. The van der Waals surface area contributed by atoms with Gasteiger partial charge in [-0.25, -0.2) is 0 Å². The Balaban J connectivity index is 4.41. The lowest BCUT2D eigenvalue weighted by atomic mass is 10.0. The molecule has 0 heterocycles. The van der Waals surface area contributed by atoms with Crippen molar-refractivity contribution in [3.05, 3.63) is 0 Å². The van der Waals surface area contributed by atoms with Gasteiger partial charge in [-0.15, -0.1) is 0 Å². The molecule has 0 aliphatic heterocycles. The Kier molecular flexibility index (Phi) is 9.79. The molecular weight excluding hydrogens is 364 g/mol. The van der Waals surface area contributed by atoms with Gasteiger partial charge in [-0.3, -0.25) is 0 Å². The van der Waals surface area contributed by atoms with Crippen LogP contribution >= 0.6 is 0 Å². The average molecular weight is 421 g/mol. The van der Waals surface area contributed by atoms with Gasteiger partial charge in [0.1, 0.15) is 0 Å². The van der Waals surface area contributed by atoms with Crippen LogP contribution in [0.5, 0.6) is 0 Å². The van der Waals surface area contributed by atoms with Crippen LogP contribution in [0.4, 0.5) is 0 Å². The van der Waals surface area contributed by atoms with E-state index in [9.17, 15) is 5.11 Å². The lowest BCUT2D eigenvalue weighted by Crippen LogP contribution is -2.40. The molecule has 0 aliphatic rings. The Morgan fingerprint density at radius 3 is 1.85 bits per heavy atom. The molecule has 0 amide bonds. The van der Waals surface area contributed by atoms with Crippen molar-refractivity contribution in [3.8, 4) is 0 Å². The molecule has 4 heteroatoms. The average Bonchev–Trinajstić information content (AvgIpc) is 2.56. The third-order valence-corrected chi connectivity index (χ3v) is 13.7. The lowest BCUT2D eigenvalue weighted by Gasteiger charge is -2.36. The fraction of sp³-hybridized carbons (Fsp3) is 1.00. The maximum Gasteiger partial charge on any atom is 0.191 e. The van der Waals surface area contributed by atoms with Gasteiger partial charge in [0, 0.05) is 12.1 Å². The van der Waals surface area contributed by atoms with Crippen molar-refractivity contribution in [2.75, 3.05) is 6.61 Å². The predicted octanol–water partition coefficient (Wildman–Crippen LogP) is 8.00. The van der Waals surface area contributed by atoms with Crippen molar-refractivity contribution < 1.29 is 15.0 Å². The van der Waals surface area contributed by atoms with Crippen molar-refractivity contribution in [1.82, 2.24) is 0 Å². The van der Waals surface area contributed by atoms with Crippen LogP contribution in [0.3, 0.4) is 0 Å². The summed E-state index contributed by atoms with van der Waals surface area (Å²) in [6.45, 7) is 20.7. The van der Waals surface area contributed by atoms with Crippen LogP contribution in [0.2, 0.25) is 43.3 Å². The Bertz CT molecular complexity index is 515. The monoisotopic (exact) mass is 420 g/mol. The van der Waals surface area contributed by atoms with Gasteiger partial charge in [0.15, 0.2) is 8.32 Å². The largest absolute Gasteiger partial charge is 0.417 e. The first-order valence-electron chi connectivity index (χ1n) is 13.1. The van der Waals surface area contributed by atoms with Crippen LogP contribution < -0.4 is 0 Å². The first kappa shape index (κ1) is 20.6. The number of aliphatic hydroxyl groups excluding tert-OH is 1. The van der Waals surface area contributed by atoms with Crippen molar-refractivity contribution >= 4 is 16.4 Å². The van der Waals surface area contributed by atoms with Crippen LogP contribution in [0.25, 0.3) is 0 Å². The van der Waals surface area contributed by atoms with Gasteiger partial charge < -0.3 is 9.53 Å². The Morgan fingerprint density at radius 2 is 1.41 bits per heavy atom. The summed E-state index contributed by atoms with van der Waals surface area (Å²) in [5.41, 5.74) is 0.365. The van der Waals surface area contributed by atoms with Crippen LogP contribution in [0, 0.1) is 0 Å². The molecular formula is C23H52O2Si2. The molecule has 164 valence electrons. The normalized spacial score (nSPS) is 19.0. The summed E-state index contributed by atoms with van der Waals surface area (Å²) in [7, 11) is -3.19. The topological polar surface area (TPSA) is 29.5 Å². The summed E-state index contributed by atoms with van der Waals surface area (Å²) in [5.74, 6) is 0. The Hall–Kier alpha value is 0.354. The highest BCUT2D eigenvalue weighted by atomic mass is 28.4. The first-order valence-corrected chi connectivity index (χ1v) is 17.6. The van der Waals surface area contributed by atoms with E-state index in [1.54, 1.807) is 0 Å². The minimum Gasteiger partial charge on any atom is -0.417 e. The third-order valence-electron chi connectivity index (χ3n) is 6.16. The quantitative estimate of drug-likeness (QED) is 0.215. The molecule has 0 aliphatic carbocycles. The summed E-state index contributed by atoms with van der Waals surface area (Å²) in [4.78, 5) is 0. The second-order valence-corrected chi connectivity index (χ2v) is 20.9. The van der Waals surface area contributed by atoms with Gasteiger partial charge in [-0.1, -0.05) is 98.6 Å². The van der Waals surface area contributed by atoms with E-state index >= 15 is 0 Å². The fourth-order valence-corrected chi connectivity index (χ4v) is 6.90.